The smallest absolute Gasteiger partial charge is 0.263 e. The van der Waals surface area contributed by atoms with Gasteiger partial charge in [-0.3, -0.25) is 9.52 Å². The summed E-state index contributed by atoms with van der Waals surface area (Å²) in [6.07, 6.45) is 3.30. The molecule has 2 aromatic carbocycles. The Morgan fingerprint density at radius 1 is 1.19 bits per heavy atom. The van der Waals surface area contributed by atoms with Gasteiger partial charge in [0.25, 0.3) is 10.0 Å². The minimum absolute atomic E-state index is 0. The van der Waals surface area contributed by atoms with Gasteiger partial charge in [-0.15, -0.1) is 11.3 Å². The van der Waals surface area contributed by atoms with Crippen LogP contribution in [0.4, 0.5) is 15.2 Å². The first-order chi connectivity index (χ1) is 17.2. The van der Waals surface area contributed by atoms with Crippen molar-refractivity contribution < 1.29 is 19.0 Å². The van der Waals surface area contributed by atoms with Gasteiger partial charge in [0, 0.05) is 56.0 Å². The molecule has 0 radical (unpaired) electrons. The number of benzene rings is 2. The molecule has 1 fully saturated rings. The van der Waals surface area contributed by atoms with Crippen molar-refractivity contribution in [2.45, 2.75) is 30.8 Å². The standard InChI is InChI=1S/C25H26FN5O3S2.H2/c1-17-16-29(20-6-8-21(9-7-20)36(33,34)28-25-27-11-15-35-25)13-14-30(17)24(32)18(2)31-12-10-19-4-3-5-22(26)23(19)31;/h3-12,15,17-18H,13-14,16H2,1-2H3,(H,27,28);1H/t17-,18+;/m1./s1. The molecule has 4 aromatic rings. The quantitative estimate of drug-likeness (QED) is 0.395. The molecule has 1 saturated heterocycles. The number of rotatable bonds is 6. The first kappa shape index (κ1) is 24.3. The summed E-state index contributed by atoms with van der Waals surface area (Å²) in [6.45, 7) is 5.50. The fourth-order valence-corrected chi connectivity index (χ4v) is 6.45. The van der Waals surface area contributed by atoms with E-state index in [4.69, 9.17) is 0 Å². The third kappa shape index (κ3) is 4.56. The summed E-state index contributed by atoms with van der Waals surface area (Å²) in [5, 5.41) is 2.78. The lowest BCUT2D eigenvalue weighted by Crippen LogP contribution is -2.55. The van der Waals surface area contributed by atoms with Crippen LogP contribution in [0.2, 0.25) is 0 Å². The van der Waals surface area contributed by atoms with Crippen LogP contribution in [0.5, 0.6) is 0 Å². The average molecular weight is 530 g/mol. The molecule has 36 heavy (non-hydrogen) atoms. The van der Waals surface area contributed by atoms with E-state index in [9.17, 15) is 17.6 Å². The second kappa shape index (κ2) is 9.55. The highest BCUT2D eigenvalue weighted by Crippen LogP contribution is 2.27. The van der Waals surface area contributed by atoms with E-state index in [0.29, 0.717) is 30.3 Å². The Balaban J connectivity index is 0.00000320. The van der Waals surface area contributed by atoms with Crippen LogP contribution in [-0.2, 0) is 14.8 Å². The fourth-order valence-electron chi connectivity index (χ4n) is 4.66. The number of sulfonamides is 1. The molecule has 0 saturated carbocycles. The van der Waals surface area contributed by atoms with E-state index < -0.39 is 16.1 Å². The highest BCUT2D eigenvalue weighted by atomic mass is 32.2. The number of para-hydroxylation sites is 1. The lowest BCUT2D eigenvalue weighted by atomic mass is 10.1. The van der Waals surface area contributed by atoms with E-state index in [2.05, 4.69) is 14.6 Å². The minimum Gasteiger partial charge on any atom is -0.368 e. The van der Waals surface area contributed by atoms with E-state index in [1.54, 1.807) is 53.4 Å². The third-order valence-corrected chi connectivity index (χ3v) is 8.71. The number of piperazine rings is 1. The van der Waals surface area contributed by atoms with Gasteiger partial charge < -0.3 is 14.4 Å². The van der Waals surface area contributed by atoms with E-state index in [1.165, 1.54) is 23.6 Å². The highest BCUT2D eigenvalue weighted by molar-refractivity contribution is 7.93. The maximum absolute atomic E-state index is 14.5. The summed E-state index contributed by atoms with van der Waals surface area (Å²) in [5.74, 6) is -0.403. The molecule has 2 atom stereocenters. The number of fused-ring (bicyclic) bond motifs is 1. The van der Waals surface area contributed by atoms with Crippen LogP contribution < -0.4 is 9.62 Å². The number of carbonyl (C=O) groups is 1. The average Bonchev–Trinajstić information content (AvgIpc) is 3.53. The molecule has 0 spiro atoms. The highest BCUT2D eigenvalue weighted by Gasteiger charge is 2.31. The molecule has 1 N–H and O–H groups in total. The van der Waals surface area contributed by atoms with Crippen molar-refractivity contribution in [3.8, 4) is 0 Å². The van der Waals surface area contributed by atoms with Crippen molar-refractivity contribution in [2.24, 2.45) is 0 Å². The van der Waals surface area contributed by atoms with Crippen LogP contribution in [0.15, 0.2) is 71.2 Å². The molecule has 1 aliphatic rings. The normalized spacial score (nSPS) is 17.4. The molecule has 1 amide bonds. The summed E-state index contributed by atoms with van der Waals surface area (Å²) in [5.41, 5.74) is 1.32. The molecule has 8 nitrogen and oxygen atoms in total. The second-order valence-corrected chi connectivity index (χ2v) is 11.4. The third-order valence-electron chi connectivity index (χ3n) is 6.54. The van der Waals surface area contributed by atoms with Crippen molar-refractivity contribution in [2.75, 3.05) is 29.3 Å². The molecule has 5 rings (SSSR count). The molecule has 0 bridgehead atoms. The Hall–Kier alpha value is -3.44. The van der Waals surface area contributed by atoms with E-state index >= 15 is 0 Å². The van der Waals surface area contributed by atoms with Crippen LogP contribution in [0.3, 0.4) is 0 Å². The molecule has 0 aliphatic carbocycles. The number of carbonyl (C=O) groups excluding carboxylic acids is 1. The number of thiazole rings is 1. The minimum atomic E-state index is -3.71. The van der Waals surface area contributed by atoms with Gasteiger partial charge in [-0.05, 0) is 50.2 Å². The lowest BCUT2D eigenvalue weighted by Gasteiger charge is -2.42. The fraction of sp³-hybridized carbons (Fsp3) is 0.280. The summed E-state index contributed by atoms with van der Waals surface area (Å²) < 4.78 is 43.8. The Kier molecular flexibility index (Phi) is 6.44. The molecule has 190 valence electrons. The summed E-state index contributed by atoms with van der Waals surface area (Å²) in [7, 11) is -3.71. The van der Waals surface area contributed by atoms with E-state index in [1.807, 2.05) is 24.0 Å². The monoisotopic (exact) mass is 529 g/mol. The Morgan fingerprint density at radius 2 is 1.97 bits per heavy atom. The Labute approximate surface area is 214 Å². The van der Waals surface area contributed by atoms with Gasteiger partial charge in [0.05, 0.1) is 10.4 Å². The number of anilines is 2. The molecule has 2 aromatic heterocycles. The van der Waals surface area contributed by atoms with Crippen molar-refractivity contribution in [3.05, 3.63) is 72.1 Å². The van der Waals surface area contributed by atoms with Crippen molar-refractivity contribution >= 4 is 49.0 Å². The predicted molar refractivity (Wildman–Crippen MR) is 141 cm³/mol. The summed E-state index contributed by atoms with van der Waals surface area (Å²) in [4.78, 5) is 21.5. The topological polar surface area (TPSA) is 87.5 Å². The zero-order valence-electron chi connectivity index (χ0n) is 19.8. The first-order valence-electron chi connectivity index (χ1n) is 11.6. The zero-order chi connectivity index (χ0) is 25.4. The van der Waals surface area contributed by atoms with Crippen LogP contribution in [0, 0.1) is 5.82 Å². The molecule has 0 unspecified atom stereocenters. The van der Waals surface area contributed by atoms with Gasteiger partial charge in [0.2, 0.25) is 5.91 Å². The Bertz CT molecular complexity index is 1490. The number of nitrogens with one attached hydrogen (secondary N) is 1. The number of hydrogen-bond donors (Lipinski definition) is 1. The first-order valence-corrected chi connectivity index (χ1v) is 13.9. The number of hydrogen-bond acceptors (Lipinski definition) is 6. The molecular weight excluding hydrogens is 501 g/mol. The number of nitrogens with zero attached hydrogens (tertiary/aromatic N) is 4. The van der Waals surface area contributed by atoms with Crippen LogP contribution >= 0.6 is 11.3 Å². The van der Waals surface area contributed by atoms with Gasteiger partial charge in [0.15, 0.2) is 5.13 Å². The van der Waals surface area contributed by atoms with Crippen LogP contribution in [0.25, 0.3) is 10.9 Å². The molecule has 3 heterocycles. The number of halogens is 1. The molecule has 11 heteroatoms. The second-order valence-electron chi connectivity index (χ2n) is 8.84. The van der Waals surface area contributed by atoms with Gasteiger partial charge in [-0.1, -0.05) is 12.1 Å². The maximum atomic E-state index is 14.5. The van der Waals surface area contributed by atoms with E-state index in [-0.39, 0.29) is 24.1 Å². The largest absolute Gasteiger partial charge is 0.368 e. The van der Waals surface area contributed by atoms with Crippen molar-refractivity contribution in [3.63, 3.8) is 0 Å². The Morgan fingerprint density at radius 3 is 2.67 bits per heavy atom. The number of aromatic nitrogens is 2. The summed E-state index contributed by atoms with van der Waals surface area (Å²) in [6, 6.07) is 12.8. The zero-order valence-corrected chi connectivity index (χ0v) is 21.5. The van der Waals surface area contributed by atoms with Gasteiger partial charge in [0.1, 0.15) is 11.9 Å². The summed E-state index contributed by atoms with van der Waals surface area (Å²) >= 11 is 1.21. The van der Waals surface area contributed by atoms with Crippen molar-refractivity contribution in [1.29, 1.82) is 0 Å². The van der Waals surface area contributed by atoms with Crippen molar-refractivity contribution in [1.82, 2.24) is 14.5 Å². The molecule has 1 aliphatic heterocycles. The van der Waals surface area contributed by atoms with Crippen LogP contribution in [-0.4, -0.2) is 54.5 Å². The van der Waals surface area contributed by atoms with Crippen LogP contribution in [0.1, 0.15) is 21.3 Å². The van der Waals surface area contributed by atoms with Gasteiger partial charge in [-0.25, -0.2) is 17.8 Å². The lowest BCUT2D eigenvalue weighted by molar-refractivity contribution is -0.136. The van der Waals surface area contributed by atoms with E-state index in [0.717, 1.165) is 11.1 Å². The molecular formula is C25H28FN5O3S2. The van der Waals surface area contributed by atoms with Gasteiger partial charge >= 0.3 is 0 Å². The maximum Gasteiger partial charge on any atom is 0.263 e. The SMILES string of the molecule is C[C@@H]1CN(c2ccc(S(=O)(=O)Nc3nccs3)cc2)CCN1C(=O)[C@H](C)n1ccc2cccc(F)c21.[HH]. The predicted octanol–water partition coefficient (Wildman–Crippen LogP) is 4.58. The van der Waals surface area contributed by atoms with Gasteiger partial charge in [-0.2, -0.15) is 0 Å². The number of amides is 1.